The summed E-state index contributed by atoms with van der Waals surface area (Å²) in [6.45, 7) is 5.06. The molecule has 92 valence electrons. The molecule has 0 fully saturated rings. The number of aryl methyl sites for hydroxylation is 1. The molecule has 1 amide bonds. The molecular formula is C10H14N4O3. The first kappa shape index (κ1) is 12.9. The van der Waals surface area contributed by atoms with E-state index in [2.05, 4.69) is 17.1 Å². The van der Waals surface area contributed by atoms with Gasteiger partial charge in [-0.1, -0.05) is 6.58 Å². The van der Waals surface area contributed by atoms with Gasteiger partial charge < -0.3 is 15.2 Å². The van der Waals surface area contributed by atoms with Gasteiger partial charge in [-0.2, -0.15) is 0 Å². The predicted molar refractivity (Wildman–Crippen MR) is 55.1 cm³/mol. The standard InChI is InChI=1S/C10H14N4O3/c1-7(2)10(17)11-4-8-5-14(6-9(15)16)12-13(8)3/h5H,1,4,6H2,2-3H3,(H-,11,15,16,17). The molecule has 0 aliphatic heterocycles. The molecule has 7 nitrogen and oxygen atoms in total. The molecule has 0 atom stereocenters. The Hall–Kier alpha value is -2.18. The second-order valence-corrected chi connectivity index (χ2v) is 3.67. The molecule has 0 saturated heterocycles. The summed E-state index contributed by atoms with van der Waals surface area (Å²) < 4.78 is 2.72. The number of aromatic nitrogens is 3. The molecular weight excluding hydrogens is 224 g/mol. The minimum atomic E-state index is -1.22. The van der Waals surface area contributed by atoms with E-state index in [1.54, 1.807) is 14.0 Å². The van der Waals surface area contributed by atoms with E-state index in [0.29, 0.717) is 11.3 Å². The topological polar surface area (TPSA) is 90.9 Å². The molecule has 0 spiro atoms. The van der Waals surface area contributed by atoms with Crippen LogP contribution in [0.4, 0.5) is 0 Å². The summed E-state index contributed by atoms with van der Waals surface area (Å²) in [6.07, 6.45) is 1.54. The van der Waals surface area contributed by atoms with E-state index in [4.69, 9.17) is 0 Å². The Bertz CT molecular complexity index is 464. The van der Waals surface area contributed by atoms with Crippen molar-refractivity contribution >= 4 is 11.9 Å². The Morgan fingerprint density at radius 2 is 2.29 bits per heavy atom. The first-order valence-electron chi connectivity index (χ1n) is 4.96. The maximum Gasteiger partial charge on any atom is 0.246 e. The summed E-state index contributed by atoms with van der Waals surface area (Å²) in [5.74, 6) is -1.47. The van der Waals surface area contributed by atoms with Gasteiger partial charge in [-0.15, -0.1) is 9.36 Å². The SMILES string of the molecule is C=C(C)C(=O)NCc1c[n+](CC(=O)[O-])nn1C. The number of hydrogen-bond donors (Lipinski definition) is 1. The molecule has 0 aliphatic carbocycles. The third-order valence-corrected chi connectivity index (χ3v) is 2.07. The first-order chi connectivity index (χ1) is 7.90. The van der Waals surface area contributed by atoms with Crippen molar-refractivity contribution < 1.29 is 19.4 Å². The van der Waals surface area contributed by atoms with E-state index in [1.165, 1.54) is 15.6 Å². The van der Waals surface area contributed by atoms with Crippen LogP contribution in [0.25, 0.3) is 0 Å². The van der Waals surface area contributed by atoms with Gasteiger partial charge in [-0.25, -0.2) is 0 Å². The van der Waals surface area contributed by atoms with Crippen molar-refractivity contribution in [3.63, 3.8) is 0 Å². The Balaban J connectivity index is 2.65. The Morgan fingerprint density at radius 3 is 2.82 bits per heavy atom. The molecule has 0 aliphatic rings. The maximum absolute atomic E-state index is 11.3. The van der Waals surface area contributed by atoms with Crippen LogP contribution in [0, 0.1) is 0 Å². The number of carbonyl (C=O) groups excluding carboxylic acids is 2. The lowest BCUT2D eigenvalue weighted by Gasteiger charge is -2.00. The summed E-state index contributed by atoms with van der Waals surface area (Å²) in [6, 6.07) is 0. The molecule has 0 aromatic carbocycles. The Kier molecular flexibility index (Phi) is 3.97. The minimum absolute atomic E-state index is 0.252. The Labute approximate surface area is 98.3 Å². The van der Waals surface area contributed by atoms with E-state index in [9.17, 15) is 14.7 Å². The lowest BCUT2D eigenvalue weighted by Crippen LogP contribution is -2.45. The maximum atomic E-state index is 11.3. The zero-order valence-electron chi connectivity index (χ0n) is 9.77. The average molecular weight is 238 g/mol. The van der Waals surface area contributed by atoms with E-state index < -0.39 is 5.97 Å². The average Bonchev–Trinajstić information content (AvgIpc) is 2.54. The number of carbonyl (C=O) groups is 2. The number of hydrogen-bond acceptors (Lipinski definition) is 4. The van der Waals surface area contributed by atoms with Crippen LogP contribution in [-0.4, -0.2) is 21.8 Å². The van der Waals surface area contributed by atoms with Gasteiger partial charge in [0.2, 0.25) is 5.91 Å². The lowest BCUT2D eigenvalue weighted by atomic mass is 10.3. The van der Waals surface area contributed by atoms with Gasteiger partial charge in [-0.05, 0) is 6.92 Å². The van der Waals surface area contributed by atoms with E-state index in [1.807, 2.05) is 0 Å². The summed E-state index contributed by atoms with van der Waals surface area (Å²) in [5.41, 5.74) is 1.09. The quantitative estimate of drug-likeness (QED) is 0.459. The second-order valence-electron chi connectivity index (χ2n) is 3.67. The molecule has 0 unspecified atom stereocenters. The van der Waals surface area contributed by atoms with Gasteiger partial charge in [0.1, 0.15) is 7.05 Å². The first-order valence-corrected chi connectivity index (χ1v) is 4.96. The van der Waals surface area contributed by atoms with Gasteiger partial charge >= 0.3 is 0 Å². The highest BCUT2D eigenvalue weighted by Crippen LogP contribution is 1.93. The third kappa shape index (κ3) is 3.71. The van der Waals surface area contributed by atoms with Gasteiger partial charge in [0.05, 0.1) is 17.7 Å². The fourth-order valence-electron chi connectivity index (χ4n) is 1.20. The van der Waals surface area contributed by atoms with E-state index in [0.717, 1.165) is 0 Å². The summed E-state index contributed by atoms with van der Waals surface area (Å²) >= 11 is 0. The summed E-state index contributed by atoms with van der Waals surface area (Å²) in [4.78, 5) is 21.6. The molecule has 1 N–H and O–H groups in total. The van der Waals surface area contributed by atoms with Crippen molar-refractivity contribution in [1.82, 2.24) is 15.2 Å². The lowest BCUT2D eigenvalue weighted by molar-refractivity contribution is -0.748. The van der Waals surface area contributed by atoms with Gasteiger partial charge in [-0.3, -0.25) is 4.79 Å². The van der Waals surface area contributed by atoms with Crippen LogP contribution in [0.5, 0.6) is 0 Å². The fraction of sp³-hybridized carbons (Fsp3) is 0.400. The van der Waals surface area contributed by atoms with Crippen LogP contribution in [0.3, 0.4) is 0 Å². The minimum Gasteiger partial charge on any atom is -0.546 e. The number of nitrogens with one attached hydrogen (secondary N) is 1. The third-order valence-electron chi connectivity index (χ3n) is 2.07. The zero-order chi connectivity index (χ0) is 13.0. The van der Waals surface area contributed by atoms with Crippen molar-refractivity contribution in [2.45, 2.75) is 20.0 Å². The molecule has 1 rings (SSSR count). The van der Waals surface area contributed by atoms with Crippen molar-refractivity contribution in [1.29, 1.82) is 0 Å². The highest BCUT2D eigenvalue weighted by atomic mass is 16.4. The van der Waals surface area contributed by atoms with Crippen LogP contribution >= 0.6 is 0 Å². The Morgan fingerprint density at radius 1 is 1.65 bits per heavy atom. The summed E-state index contributed by atoms with van der Waals surface area (Å²) in [7, 11) is 1.66. The van der Waals surface area contributed by atoms with Crippen LogP contribution in [0.1, 0.15) is 12.6 Å². The molecule has 17 heavy (non-hydrogen) atoms. The number of rotatable bonds is 5. The molecule has 0 radical (unpaired) electrons. The van der Waals surface area contributed by atoms with Crippen molar-refractivity contribution in [2.75, 3.05) is 0 Å². The smallest absolute Gasteiger partial charge is 0.246 e. The number of carboxylic acid groups (broad SMARTS) is 1. The number of nitrogens with zero attached hydrogens (tertiary/aromatic N) is 3. The normalized spacial score (nSPS) is 10.0. The molecule has 1 heterocycles. The highest BCUT2D eigenvalue weighted by molar-refractivity contribution is 5.91. The summed E-state index contributed by atoms with van der Waals surface area (Å²) in [5, 5.41) is 16.9. The van der Waals surface area contributed by atoms with Crippen LogP contribution in [-0.2, 0) is 29.7 Å². The van der Waals surface area contributed by atoms with Gasteiger partial charge in [0, 0.05) is 5.57 Å². The van der Waals surface area contributed by atoms with E-state index >= 15 is 0 Å². The molecule has 1 aromatic rings. The highest BCUT2D eigenvalue weighted by Gasteiger charge is 2.13. The van der Waals surface area contributed by atoms with Gasteiger partial charge in [0.25, 0.3) is 0 Å². The largest absolute Gasteiger partial charge is 0.546 e. The van der Waals surface area contributed by atoms with Crippen LogP contribution in [0.2, 0.25) is 0 Å². The zero-order valence-corrected chi connectivity index (χ0v) is 9.77. The number of carboxylic acids is 1. The molecule has 1 aromatic heterocycles. The van der Waals surface area contributed by atoms with Crippen molar-refractivity contribution in [3.8, 4) is 0 Å². The van der Waals surface area contributed by atoms with Gasteiger partial charge in [0.15, 0.2) is 18.4 Å². The number of aliphatic carboxylic acids is 1. The van der Waals surface area contributed by atoms with Crippen LogP contribution in [0.15, 0.2) is 18.3 Å². The molecule has 0 bridgehead atoms. The van der Waals surface area contributed by atoms with Crippen molar-refractivity contribution in [3.05, 3.63) is 24.0 Å². The monoisotopic (exact) mass is 238 g/mol. The van der Waals surface area contributed by atoms with E-state index in [-0.39, 0.29) is 19.0 Å². The fourth-order valence-corrected chi connectivity index (χ4v) is 1.20. The van der Waals surface area contributed by atoms with Crippen molar-refractivity contribution in [2.24, 2.45) is 7.05 Å². The number of amides is 1. The predicted octanol–water partition coefficient (Wildman–Crippen LogP) is -2.35. The molecule has 7 heteroatoms. The molecule has 0 saturated carbocycles. The van der Waals surface area contributed by atoms with Crippen LogP contribution < -0.4 is 15.1 Å². The second kappa shape index (κ2) is 5.24.